The number of piperidine rings is 1. The SMILES string of the molecule is COCC12CNCCC1(c1ccc(C3C=CC4=c5c(F)cc(C(N)=O)cc5=NC4=C3)cc1)C2. The maximum atomic E-state index is 14.7. The molecule has 2 fully saturated rings. The number of allylic oxidation sites excluding steroid dienone is 3. The van der Waals surface area contributed by atoms with Crippen molar-refractivity contribution in [3.05, 3.63) is 93.4 Å². The molecule has 5 nitrogen and oxygen atoms in total. The van der Waals surface area contributed by atoms with Crippen molar-refractivity contribution in [2.24, 2.45) is 16.1 Å². The molecule has 1 saturated heterocycles. The number of hydrogen-bond acceptors (Lipinski definition) is 4. The van der Waals surface area contributed by atoms with Crippen LogP contribution in [0.2, 0.25) is 0 Å². The summed E-state index contributed by atoms with van der Waals surface area (Å²) in [5, 5.41) is 4.43. The molecule has 1 saturated carbocycles. The molecular formula is C27H26FN3O2. The highest BCUT2D eigenvalue weighted by atomic mass is 19.1. The third-order valence-corrected chi connectivity index (χ3v) is 7.94. The lowest BCUT2D eigenvalue weighted by molar-refractivity contribution is 0.0999. The minimum absolute atomic E-state index is 0.0583. The van der Waals surface area contributed by atoms with Gasteiger partial charge in [-0.15, -0.1) is 0 Å². The fraction of sp³-hybridized carbons (Fsp3) is 0.333. The Morgan fingerprint density at radius 1 is 1.30 bits per heavy atom. The Balaban J connectivity index is 1.31. The quantitative estimate of drug-likeness (QED) is 0.744. The molecule has 2 aliphatic carbocycles. The number of nitrogens with one attached hydrogen (secondary N) is 1. The van der Waals surface area contributed by atoms with Gasteiger partial charge in [-0.1, -0.05) is 36.4 Å². The van der Waals surface area contributed by atoms with Crippen LogP contribution >= 0.6 is 0 Å². The number of halogens is 1. The first-order chi connectivity index (χ1) is 16.0. The number of primary amides is 1. The number of carbonyl (C=O) groups excluding carboxylic acids is 1. The summed E-state index contributed by atoms with van der Waals surface area (Å²) in [5.74, 6) is -1.07. The fourth-order valence-corrected chi connectivity index (χ4v) is 6.18. The van der Waals surface area contributed by atoms with Crippen LogP contribution in [0.5, 0.6) is 0 Å². The summed E-state index contributed by atoms with van der Waals surface area (Å²) >= 11 is 0. The molecule has 0 spiro atoms. The van der Waals surface area contributed by atoms with Crippen molar-refractivity contribution in [3.63, 3.8) is 0 Å². The second kappa shape index (κ2) is 7.20. The van der Waals surface area contributed by atoms with Crippen LogP contribution < -0.4 is 21.6 Å². The number of amides is 1. The molecule has 0 aromatic heterocycles. The highest BCUT2D eigenvalue weighted by Gasteiger charge is 2.68. The van der Waals surface area contributed by atoms with Crippen molar-refractivity contribution in [1.82, 2.24) is 5.32 Å². The first kappa shape index (κ1) is 20.5. The number of methoxy groups -OCH3 is 1. The number of nitrogens with two attached hydrogens (primary N) is 1. The van der Waals surface area contributed by atoms with E-state index < -0.39 is 11.7 Å². The minimum atomic E-state index is -0.660. The molecule has 2 aliphatic heterocycles. The van der Waals surface area contributed by atoms with Gasteiger partial charge in [0, 0.05) is 46.8 Å². The zero-order chi connectivity index (χ0) is 22.8. The van der Waals surface area contributed by atoms with Crippen LogP contribution in [0.1, 0.15) is 40.2 Å². The van der Waals surface area contributed by atoms with Crippen molar-refractivity contribution >= 4 is 11.5 Å². The summed E-state index contributed by atoms with van der Waals surface area (Å²) < 4.78 is 20.3. The van der Waals surface area contributed by atoms with Crippen LogP contribution in [0.15, 0.2) is 65.3 Å². The largest absolute Gasteiger partial charge is 0.384 e. The van der Waals surface area contributed by atoms with E-state index in [1.165, 1.54) is 23.6 Å². The molecule has 168 valence electrons. The van der Waals surface area contributed by atoms with E-state index in [0.717, 1.165) is 37.4 Å². The maximum absolute atomic E-state index is 14.7. The van der Waals surface area contributed by atoms with Gasteiger partial charge in [-0.05, 0) is 48.7 Å². The van der Waals surface area contributed by atoms with Crippen LogP contribution in [0.25, 0.3) is 5.57 Å². The Kier molecular flexibility index (Phi) is 4.48. The molecule has 1 amide bonds. The van der Waals surface area contributed by atoms with Gasteiger partial charge in [-0.3, -0.25) is 4.79 Å². The van der Waals surface area contributed by atoms with E-state index >= 15 is 0 Å². The average Bonchev–Trinajstić information content (AvgIpc) is 3.35. The van der Waals surface area contributed by atoms with Gasteiger partial charge in [0.25, 0.3) is 0 Å². The van der Waals surface area contributed by atoms with E-state index in [-0.39, 0.29) is 22.3 Å². The van der Waals surface area contributed by atoms with Gasteiger partial charge in [-0.2, -0.15) is 0 Å². The van der Waals surface area contributed by atoms with E-state index in [4.69, 9.17) is 10.5 Å². The smallest absolute Gasteiger partial charge is 0.248 e. The lowest BCUT2D eigenvalue weighted by Crippen LogP contribution is -2.40. The molecular weight excluding hydrogens is 417 g/mol. The second-order valence-electron chi connectivity index (χ2n) is 9.70. The van der Waals surface area contributed by atoms with Crippen LogP contribution in [-0.2, 0) is 10.2 Å². The summed E-state index contributed by atoms with van der Waals surface area (Å²) in [6.07, 6.45) is 8.38. The van der Waals surface area contributed by atoms with Crippen molar-refractivity contribution in [3.8, 4) is 0 Å². The predicted octanol–water partition coefficient (Wildman–Crippen LogP) is 2.21. The molecule has 3 unspecified atom stereocenters. The maximum Gasteiger partial charge on any atom is 0.248 e. The molecule has 0 radical (unpaired) electrons. The number of benzene rings is 2. The van der Waals surface area contributed by atoms with Gasteiger partial charge in [0.1, 0.15) is 5.82 Å². The topological polar surface area (TPSA) is 76.7 Å². The van der Waals surface area contributed by atoms with E-state index in [9.17, 15) is 9.18 Å². The molecule has 6 heteroatoms. The number of hydrogen-bond donors (Lipinski definition) is 2. The van der Waals surface area contributed by atoms with Gasteiger partial charge < -0.3 is 15.8 Å². The van der Waals surface area contributed by atoms with Crippen LogP contribution in [0, 0.1) is 11.2 Å². The third kappa shape index (κ3) is 2.97. The predicted molar refractivity (Wildman–Crippen MR) is 124 cm³/mol. The van der Waals surface area contributed by atoms with Crippen molar-refractivity contribution in [2.45, 2.75) is 24.2 Å². The molecule has 3 atom stereocenters. The van der Waals surface area contributed by atoms with Gasteiger partial charge in [0.05, 0.1) is 17.7 Å². The fourth-order valence-electron chi connectivity index (χ4n) is 6.18. The summed E-state index contributed by atoms with van der Waals surface area (Å²) in [6, 6.07) is 11.7. The summed E-state index contributed by atoms with van der Waals surface area (Å²) in [6.45, 7) is 2.84. The monoisotopic (exact) mass is 443 g/mol. The Labute approximate surface area is 191 Å². The Morgan fingerprint density at radius 3 is 2.88 bits per heavy atom. The zero-order valence-corrected chi connectivity index (χ0v) is 18.5. The van der Waals surface area contributed by atoms with Crippen molar-refractivity contribution < 1.29 is 13.9 Å². The molecule has 3 N–H and O–H groups in total. The number of fused-ring (bicyclic) bond motifs is 3. The first-order valence-corrected chi connectivity index (χ1v) is 11.4. The zero-order valence-electron chi connectivity index (χ0n) is 18.5. The minimum Gasteiger partial charge on any atom is -0.384 e. The Morgan fingerprint density at radius 2 is 2.12 bits per heavy atom. The summed E-state index contributed by atoms with van der Waals surface area (Å²) in [5.41, 5.74) is 9.94. The van der Waals surface area contributed by atoms with Crippen LogP contribution in [-0.4, -0.2) is 32.7 Å². The molecule has 33 heavy (non-hydrogen) atoms. The molecule has 0 bridgehead atoms. The molecule has 2 heterocycles. The van der Waals surface area contributed by atoms with Gasteiger partial charge in [-0.25, -0.2) is 9.38 Å². The van der Waals surface area contributed by atoms with Gasteiger partial charge in [0.2, 0.25) is 5.91 Å². The van der Waals surface area contributed by atoms with Crippen molar-refractivity contribution in [1.29, 1.82) is 0 Å². The third-order valence-electron chi connectivity index (χ3n) is 7.94. The summed E-state index contributed by atoms with van der Waals surface area (Å²) in [4.78, 5) is 16.1. The normalized spacial score (nSPS) is 29.0. The number of rotatable bonds is 5. The first-order valence-electron chi connectivity index (χ1n) is 11.4. The second-order valence-corrected chi connectivity index (χ2v) is 9.70. The Bertz CT molecular complexity index is 1360. The number of ether oxygens (including phenoxy) is 1. The van der Waals surface area contributed by atoms with Crippen LogP contribution in [0.4, 0.5) is 4.39 Å². The lowest BCUT2D eigenvalue weighted by Gasteiger charge is -2.31. The standard InChI is InChI=1S/C27H26FN3O2/c1-33-15-26-13-27(26,8-9-30-14-26)19-5-2-16(3-6-19)17-4-7-20-22(11-17)31-23-12-18(25(29)32)10-21(28)24(20)23/h2-7,10-12,17,30H,8-9,13-15H2,1H3,(H2,29,32). The van der Waals surface area contributed by atoms with E-state index in [1.807, 2.05) is 6.08 Å². The number of carbonyl (C=O) groups is 1. The van der Waals surface area contributed by atoms with Gasteiger partial charge in [0.15, 0.2) is 0 Å². The molecule has 2 aromatic rings. The lowest BCUT2D eigenvalue weighted by atomic mass is 9.80. The van der Waals surface area contributed by atoms with E-state index in [2.05, 4.69) is 46.7 Å². The number of nitrogens with zero attached hydrogens (tertiary/aromatic N) is 1. The molecule has 4 aliphatic rings. The molecule has 6 rings (SSSR count). The van der Waals surface area contributed by atoms with Gasteiger partial charge >= 0.3 is 0 Å². The van der Waals surface area contributed by atoms with E-state index in [1.54, 1.807) is 13.2 Å². The van der Waals surface area contributed by atoms with Crippen LogP contribution in [0.3, 0.4) is 0 Å². The summed E-state index contributed by atoms with van der Waals surface area (Å²) in [7, 11) is 1.79. The average molecular weight is 444 g/mol. The van der Waals surface area contributed by atoms with Crippen molar-refractivity contribution in [2.75, 3.05) is 26.8 Å². The highest BCUT2D eigenvalue weighted by molar-refractivity contribution is 5.93. The highest BCUT2D eigenvalue weighted by Crippen LogP contribution is 2.67. The molecule has 2 aromatic carbocycles. The Hall–Kier alpha value is -3.09. The van der Waals surface area contributed by atoms with E-state index in [0.29, 0.717) is 10.6 Å².